The molecular weight excluding hydrogens is 188 g/mol. The Morgan fingerprint density at radius 3 is 2.36 bits per heavy atom. The highest BCUT2D eigenvalue weighted by Gasteiger charge is 2.32. The van der Waals surface area contributed by atoms with Gasteiger partial charge < -0.3 is 10.8 Å². The summed E-state index contributed by atoms with van der Waals surface area (Å²) in [6.45, 7) is 0.923. The van der Waals surface area contributed by atoms with Gasteiger partial charge in [-0.05, 0) is 24.6 Å². The van der Waals surface area contributed by atoms with E-state index < -0.39 is 17.6 Å². The first-order chi connectivity index (χ1) is 6.47. The first kappa shape index (κ1) is 11.1. The molecule has 4 heteroatoms. The minimum Gasteiger partial charge on any atom is -0.385 e. The number of aliphatic hydroxyl groups is 1. The maximum absolute atomic E-state index is 13.5. The van der Waals surface area contributed by atoms with E-state index in [1.165, 1.54) is 31.2 Å². The topological polar surface area (TPSA) is 46.2 Å². The van der Waals surface area contributed by atoms with Crippen molar-refractivity contribution in [2.24, 2.45) is 5.73 Å². The van der Waals surface area contributed by atoms with Crippen molar-refractivity contribution in [3.63, 3.8) is 0 Å². The molecule has 3 N–H and O–H groups in total. The van der Waals surface area contributed by atoms with Crippen LogP contribution in [0, 0.1) is 5.82 Å². The Hall–Kier alpha value is -1.00. The number of hydrogen-bond acceptors (Lipinski definition) is 2. The Labute approximate surface area is 81.4 Å². The van der Waals surface area contributed by atoms with E-state index in [1.54, 1.807) is 0 Å². The first-order valence-electron chi connectivity index (χ1n) is 4.30. The standard InChI is InChI=1S/C10H13F2NO/c1-10(12,6-13)9(14)7-2-4-8(11)5-3-7/h2-5,9,14H,6,13H2,1H3/t9-,10-/m0/s1. The summed E-state index contributed by atoms with van der Waals surface area (Å²) in [6, 6.07) is 5.03. The van der Waals surface area contributed by atoms with Crippen molar-refractivity contribution in [3.8, 4) is 0 Å². The third-order valence-corrected chi connectivity index (χ3v) is 2.16. The van der Waals surface area contributed by atoms with Gasteiger partial charge in [0.15, 0.2) is 0 Å². The molecule has 0 radical (unpaired) electrons. The number of rotatable bonds is 3. The largest absolute Gasteiger partial charge is 0.385 e. The minimum atomic E-state index is -1.89. The van der Waals surface area contributed by atoms with Gasteiger partial charge in [-0.2, -0.15) is 0 Å². The second-order valence-electron chi connectivity index (χ2n) is 3.44. The van der Waals surface area contributed by atoms with E-state index >= 15 is 0 Å². The van der Waals surface area contributed by atoms with Crippen molar-refractivity contribution in [2.75, 3.05) is 6.54 Å². The van der Waals surface area contributed by atoms with E-state index in [0.29, 0.717) is 5.56 Å². The molecule has 0 saturated carbocycles. The fourth-order valence-corrected chi connectivity index (χ4v) is 1.10. The normalized spacial score (nSPS) is 17.5. The quantitative estimate of drug-likeness (QED) is 0.779. The van der Waals surface area contributed by atoms with Crippen molar-refractivity contribution in [3.05, 3.63) is 35.6 Å². The van der Waals surface area contributed by atoms with Crippen LogP contribution in [0.5, 0.6) is 0 Å². The Morgan fingerprint density at radius 2 is 1.93 bits per heavy atom. The fraction of sp³-hybridized carbons (Fsp3) is 0.400. The first-order valence-corrected chi connectivity index (χ1v) is 4.30. The monoisotopic (exact) mass is 201 g/mol. The van der Waals surface area contributed by atoms with Crippen LogP contribution < -0.4 is 5.73 Å². The smallest absolute Gasteiger partial charge is 0.150 e. The van der Waals surface area contributed by atoms with Crippen LogP contribution in [0.2, 0.25) is 0 Å². The molecule has 0 aliphatic rings. The van der Waals surface area contributed by atoms with Gasteiger partial charge in [0.1, 0.15) is 17.6 Å². The average molecular weight is 201 g/mol. The summed E-state index contributed by atoms with van der Waals surface area (Å²) in [5.74, 6) is -0.422. The fourth-order valence-electron chi connectivity index (χ4n) is 1.10. The van der Waals surface area contributed by atoms with E-state index in [0.717, 1.165) is 0 Å². The van der Waals surface area contributed by atoms with E-state index in [9.17, 15) is 13.9 Å². The van der Waals surface area contributed by atoms with Crippen LogP contribution in [-0.2, 0) is 0 Å². The number of benzene rings is 1. The molecule has 0 fully saturated rings. The molecule has 2 atom stereocenters. The Kier molecular flexibility index (Phi) is 3.18. The lowest BCUT2D eigenvalue weighted by Gasteiger charge is -2.24. The number of nitrogens with two attached hydrogens (primary N) is 1. The molecule has 0 saturated heterocycles. The molecule has 14 heavy (non-hydrogen) atoms. The summed E-state index contributed by atoms with van der Waals surface area (Å²) in [4.78, 5) is 0. The molecule has 0 heterocycles. The maximum atomic E-state index is 13.5. The van der Waals surface area contributed by atoms with Crippen LogP contribution in [0.1, 0.15) is 18.6 Å². The van der Waals surface area contributed by atoms with Gasteiger partial charge in [-0.15, -0.1) is 0 Å². The van der Waals surface area contributed by atoms with Crippen LogP contribution in [-0.4, -0.2) is 17.3 Å². The van der Waals surface area contributed by atoms with Gasteiger partial charge in [0, 0.05) is 6.54 Å². The number of halogens is 2. The van der Waals surface area contributed by atoms with Crippen LogP contribution >= 0.6 is 0 Å². The highest BCUT2D eigenvalue weighted by atomic mass is 19.1. The van der Waals surface area contributed by atoms with E-state index in [-0.39, 0.29) is 6.54 Å². The molecule has 0 aliphatic heterocycles. The lowest BCUT2D eigenvalue weighted by molar-refractivity contribution is 0.00899. The van der Waals surface area contributed by atoms with Crippen molar-refractivity contribution in [1.82, 2.24) is 0 Å². The molecule has 0 bridgehead atoms. The number of alkyl halides is 1. The average Bonchev–Trinajstić information content (AvgIpc) is 2.18. The third-order valence-electron chi connectivity index (χ3n) is 2.16. The van der Waals surface area contributed by atoms with Crippen LogP contribution in [0.4, 0.5) is 8.78 Å². The van der Waals surface area contributed by atoms with Crippen molar-refractivity contribution in [1.29, 1.82) is 0 Å². The molecule has 1 rings (SSSR count). The summed E-state index contributed by atoms with van der Waals surface area (Å²) >= 11 is 0. The highest BCUT2D eigenvalue weighted by Crippen LogP contribution is 2.28. The molecule has 1 aromatic rings. The molecule has 2 nitrogen and oxygen atoms in total. The lowest BCUT2D eigenvalue weighted by Crippen LogP contribution is -2.36. The van der Waals surface area contributed by atoms with Crippen molar-refractivity contribution >= 4 is 0 Å². The molecule has 0 unspecified atom stereocenters. The summed E-state index contributed by atoms with van der Waals surface area (Å²) < 4.78 is 26.1. The molecular formula is C10H13F2NO. The zero-order valence-electron chi connectivity index (χ0n) is 7.87. The Balaban J connectivity index is 2.89. The molecule has 1 aromatic carbocycles. The maximum Gasteiger partial charge on any atom is 0.150 e. The second kappa shape index (κ2) is 4.02. The third kappa shape index (κ3) is 2.27. The van der Waals surface area contributed by atoms with Gasteiger partial charge in [0.05, 0.1) is 0 Å². The molecule has 78 valence electrons. The molecule has 0 aromatic heterocycles. The number of aliphatic hydroxyl groups excluding tert-OH is 1. The Bertz CT molecular complexity index is 297. The summed E-state index contributed by atoms with van der Waals surface area (Å²) in [5, 5.41) is 9.56. The lowest BCUT2D eigenvalue weighted by atomic mass is 9.95. The van der Waals surface area contributed by atoms with Gasteiger partial charge >= 0.3 is 0 Å². The summed E-state index contributed by atoms with van der Waals surface area (Å²) in [7, 11) is 0. The Morgan fingerprint density at radius 1 is 1.43 bits per heavy atom. The van der Waals surface area contributed by atoms with Crippen molar-refractivity contribution in [2.45, 2.75) is 18.7 Å². The van der Waals surface area contributed by atoms with E-state index in [4.69, 9.17) is 5.73 Å². The van der Waals surface area contributed by atoms with Gasteiger partial charge in [-0.1, -0.05) is 12.1 Å². The van der Waals surface area contributed by atoms with E-state index in [1.807, 2.05) is 0 Å². The zero-order valence-corrected chi connectivity index (χ0v) is 7.87. The predicted molar refractivity (Wildman–Crippen MR) is 49.9 cm³/mol. The minimum absolute atomic E-state index is 0.286. The highest BCUT2D eigenvalue weighted by molar-refractivity contribution is 5.21. The van der Waals surface area contributed by atoms with Crippen molar-refractivity contribution < 1.29 is 13.9 Å². The summed E-state index contributed by atoms with van der Waals surface area (Å²) in [6.07, 6.45) is -1.33. The van der Waals surface area contributed by atoms with Gasteiger partial charge in [-0.25, -0.2) is 8.78 Å². The molecule has 0 amide bonds. The summed E-state index contributed by atoms with van der Waals surface area (Å²) in [5.41, 5.74) is 3.60. The zero-order chi connectivity index (χ0) is 10.8. The van der Waals surface area contributed by atoms with Crippen LogP contribution in [0.15, 0.2) is 24.3 Å². The van der Waals surface area contributed by atoms with Gasteiger partial charge in [-0.3, -0.25) is 0 Å². The van der Waals surface area contributed by atoms with Gasteiger partial charge in [0.2, 0.25) is 0 Å². The van der Waals surface area contributed by atoms with Gasteiger partial charge in [0.25, 0.3) is 0 Å². The predicted octanol–water partition coefficient (Wildman–Crippen LogP) is 1.55. The second-order valence-corrected chi connectivity index (χ2v) is 3.44. The molecule has 0 spiro atoms. The van der Waals surface area contributed by atoms with E-state index in [2.05, 4.69) is 0 Å². The van der Waals surface area contributed by atoms with Crippen LogP contribution in [0.25, 0.3) is 0 Å². The SMILES string of the molecule is C[C@](F)(CN)[C@@H](O)c1ccc(F)cc1. The number of hydrogen-bond donors (Lipinski definition) is 2. The molecule has 0 aliphatic carbocycles. The van der Waals surface area contributed by atoms with Crippen LogP contribution in [0.3, 0.4) is 0 Å².